The topological polar surface area (TPSA) is 97.2 Å². The highest BCUT2D eigenvalue weighted by Gasteiger charge is 2.30. The minimum Gasteiger partial charge on any atom is -0.325 e. The summed E-state index contributed by atoms with van der Waals surface area (Å²) in [5.74, 6) is 1.59. The number of benzene rings is 1. The second-order valence-corrected chi connectivity index (χ2v) is 10.2. The molecule has 2 aliphatic rings. The van der Waals surface area contributed by atoms with Gasteiger partial charge in [-0.15, -0.1) is 10.2 Å². The fourth-order valence-electron chi connectivity index (χ4n) is 3.46. The molecule has 1 aromatic carbocycles. The van der Waals surface area contributed by atoms with E-state index in [1.807, 2.05) is 0 Å². The number of thioether (sulfide) groups is 1. The molecule has 4 rings (SSSR count). The highest BCUT2D eigenvalue weighted by atomic mass is 32.2. The molecule has 29 heavy (non-hydrogen) atoms. The van der Waals surface area contributed by atoms with Gasteiger partial charge in [0, 0.05) is 31.2 Å². The molecule has 0 atom stereocenters. The maximum absolute atomic E-state index is 12.6. The summed E-state index contributed by atoms with van der Waals surface area (Å²) in [5, 5.41) is 12.1. The number of hydrogen-bond acceptors (Lipinski definition) is 6. The largest absolute Gasteiger partial charge is 0.325 e. The Balaban J connectivity index is 1.34. The van der Waals surface area contributed by atoms with E-state index in [2.05, 4.69) is 27.0 Å². The maximum Gasteiger partial charge on any atom is 0.243 e. The van der Waals surface area contributed by atoms with Crippen LogP contribution in [0.5, 0.6) is 0 Å². The zero-order chi connectivity index (χ0) is 20.4. The number of carbonyl (C=O) groups excluding carboxylic acids is 1. The molecular formula is C19H25N5O3S2. The van der Waals surface area contributed by atoms with Crippen molar-refractivity contribution in [2.75, 3.05) is 24.2 Å². The molecular weight excluding hydrogens is 410 g/mol. The Hall–Kier alpha value is -1.91. The summed E-state index contributed by atoms with van der Waals surface area (Å²) in [5.41, 5.74) is 0.576. The first-order valence-corrected chi connectivity index (χ1v) is 12.4. The number of rotatable bonds is 8. The molecule has 1 saturated carbocycles. The van der Waals surface area contributed by atoms with Crippen molar-refractivity contribution in [1.29, 1.82) is 0 Å². The van der Waals surface area contributed by atoms with Gasteiger partial charge in [-0.2, -0.15) is 4.31 Å². The summed E-state index contributed by atoms with van der Waals surface area (Å²) in [6, 6.07) is 6.36. The van der Waals surface area contributed by atoms with Crippen LogP contribution in [-0.4, -0.2) is 52.2 Å². The van der Waals surface area contributed by atoms with Gasteiger partial charge in [0.2, 0.25) is 15.9 Å². The van der Waals surface area contributed by atoms with Crippen molar-refractivity contribution < 1.29 is 13.2 Å². The van der Waals surface area contributed by atoms with E-state index in [-0.39, 0.29) is 16.6 Å². The van der Waals surface area contributed by atoms with Crippen LogP contribution in [0.2, 0.25) is 0 Å². The molecule has 0 radical (unpaired) electrons. The van der Waals surface area contributed by atoms with Gasteiger partial charge in [-0.3, -0.25) is 4.79 Å². The Kier molecular flexibility index (Phi) is 5.93. The smallest absolute Gasteiger partial charge is 0.243 e. The van der Waals surface area contributed by atoms with Crippen molar-refractivity contribution in [3.05, 3.63) is 30.1 Å². The summed E-state index contributed by atoms with van der Waals surface area (Å²) in [7, 11) is -3.44. The normalized spacial score (nSPS) is 17.6. The minimum atomic E-state index is -3.44. The number of nitrogens with one attached hydrogen (secondary N) is 1. The summed E-state index contributed by atoms with van der Waals surface area (Å²) in [6.07, 6.45) is 4.12. The number of sulfonamides is 1. The second-order valence-electron chi connectivity index (χ2n) is 7.33. The average molecular weight is 436 g/mol. The van der Waals surface area contributed by atoms with Crippen LogP contribution in [-0.2, 0) is 21.4 Å². The number of aromatic nitrogens is 3. The standard InChI is InChI=1S/C19H25N5O3S2/c1-2-24-18(14-5-6-14)21-22-19(24)28-13-17(25)20-15-7-9-16(10-8-15)29(26,27)23-11-3-4-12-23/h7-10,14H,2-6,11-13H2,1H3,(H,20,25). The molecule has 156 valence electrons. The first-order chi connectivity index (χ1) is 14.0. The van der Waals surface area contributed by atoms with E-state index in [1.165, 1.54) is 16.1 Å². The van der Waals surface area contributed by atoms with E-state index in [0.29, 0.717) is 24.7 Å². The van der Waals surface area contributed by atoms with Crippen LogP contribution < -0.4 is 5.32 Å². The highest BCUT2D eigenvalue weighted by Crippen LogP contribution is 2.40. The van der Waals surface area contributed by atoms with Gasteiger partial charge in [0.1, 0.15) is 5.82 Å². The summed E-state index contributed by atoms with van der Waals surface area (Å²) in [4.78, 5) is 12.6. The van der Waals surface area contributed by atoms with Gasteiger partial charge < -0.3 is 9.88 Å². The zero-order valence-corrected chi connectivity index (χ0v) is 18.0. The van der Waals surface area contributed by atoms with Crippen molar-refractivity contribution >= 4 is 33.4 Å². The molecule has 1 N–H and O–H groups in total. The highest BCUT2D eigenvalue weighted by molar-refractivity contribution is 7.99. The fourth-order valence-corrected chi connectivity index (χ4v) is 5.79. The van der Waals surface area contributed by atoms with Crippen molar-refractivity contribution in [3.8, 4) is 0 Å². The van der Waals surface area contributed by atoms with Gasteiger partial charge in [0.05, 0.1) is 10.6 Å². The monoisotopic (exact) mass is 435 g/mol. The lowest BCUT2D eigenvalue weighted by atomic mass is 10.3. The number of carbonyl (C=O) groups is 1. The molecule has 1 aliphatic carbocycles. The lowest BCUT2D eigenvalue weighted by molar-refractivity contribution is -0.113. The maximum atomic E-state index is 12.6. The average Bonchev–Trinajstić information content (AvgIpc) is 3.24. The molecule has 2 heterocycles. The molecule has 0 bridgehead atoms. The zero-order valence-electron chi connectivity index (χ0n) is 16.4. The number of amides is 1. The minimum absolute atomic E-state index is 0.163. The van der Waals surface area contributed by atoms with Crippen LogP contribution in [0.25, 0.3) is 0 Å². The first-order valence-electron chi connectivity index (χ1n) is 9.95. The third kappa shape index (κ3) is 4.49. The van der Waals surface area contributed by atoms with E-state index >= 15 is 0 Å². The van der Waals surface area contributed by atoms with E-state index < -0.39 is 10.0 Å². The van der Waals surface area contributed by atoms with Gasteiger partial charge in [-0.05, 0) is 56.9 Å². The van der Waals surface area contributed by atoms with E-state index in [0.717, 1.165) is 43.2 Å². The van der Waals surface area contributed by atoms with Crippen molar-refractivity contribution in [2.24, 2.45) is 0 Å². The fraction of sp³-hybridized carbons (Fsp3) is 0.526. The Bertz CT molecular complexity index is 978. The first kappa shape index (κ1) is 20.4. The van der Waals surface area contributed by atoms with E-state index in [4.69, 9.17) is 0 Å². The molecule has 1 saturated heterocycles. The summed E-state index contributed by atoms with van der Waals surface area (Å²) < 4.78 is 28.7. The van der Waals surface area contributed by atoms with Crippen LogP contribution in [0.4, 0.5) is 5.69 Å². The Labute approximate surface area is 175 Å². The number of anilines is 1. The SMILES string of the molecule is CCn1c(SCC(=O)Nc2ccc(S(=O)(=O)N3CCCC3)cc2)nnc1C1CC1. The molecule has 1 aromatic heterocycles. The second kappa shape index (κ2) is 8.45. The van der Waals surface area contributed by atoms with Crippen molar-refractivity contribution in [1.82, 2.24) is 19.1 Å². The Morgan fingerprint density at radius 3 is 2.48 bits per heavy atom. The van der Waals surface area contributed by atoms with Crippen LogP contribution in [0.3, 0.4) is 0 Å². The molecule has 0 unspecified atom stereocenters. The van der Waals surface area contributed by atoms with Gasteiger partial charge in [0.15, 0.2) is 5.16 Å². The van der Waals surface area contributed by atoms with E-state index in [9.17, 15) is 13.2 Å². The summed E-state index contributed by atoms with van der Waals surface area (Å²) >= 11 is 1.36. The molecule has 2 fully saturated rings. The van der Waals surface area contributed by atoms with Gasteiger partial charge in [0.25, 0.3) is 0 Å². The summed E-state index contributed by atoms with van der Waals surface area (Å²) in [6.45, 7) is 3.98. The molecule has 8 nitrogen and oxygen atoms in total. The molecule has 2 aromatic rings. The van der Waals surface area contributed by atoms with Crippen LogP contribution in [0.1, 0.15) is 44.3 Å². The van der Waals surface area contributed by atoms with E-state index in [1.54, 1.807) is 24.3 Å². The Morgan fingerprint density at radius 1 is 1.17 bits per heavy atom. The third-order valence-corrected chi connectivity index (χ3v) is 8.06. The molecule has 10 heteroatoms. The van der Waals surface area contributed by atoms with Crippen LogP contribution in [0, 0.1) is 0 Å². The lowest BCUT2D eigenvalue weighted by Gasteiger charge is -2.15. The van der Waals surface area contributed by atoms with Gasteiger partial charge in [-0.25, -0.2) is 8.42 Å². The molecule has 0 spiro atoms. The number of nitrogens with zero attached hydrogens (tertiary/aromatic N) is 4. The van der Waals surface area contributed by atoms with Gasteiger partial charge >= 0.3 is 0 Å². The predicted molar refractivity (Wildman–Crippen MR) is 111 cm³/mol. The van der Waals surface area contributed by atoms with Crippen molar-refractivity contribution in [3.63, 3.8) is 0 Å². The van der Waals surface area contributed by atoms with Crippen LogP contribution in [0.15, 0.2) is 34.3 Å². The lowest BCUT2D eigenvalue weighted by Crippen LogP contribution is -2.27. The van der Waals surface area contributed by atoms with Crippen molar-refractivity contribution in [2.45, 2.75) is 55.1 Å². The molecule has 1 amide bonds. The number of hydrogen-bond donors (Lipinski definition) is 1. The van der Waals surface area contributed by atoms with Crippen LogP contribution >= 0.6 is 11.8 Å². The Morgan fingerprint density at radius 2 is 1.86 bits per heavy atom. The quantitative estimate of drug-likeness (QED) is 0.641. The molecule has 1 aliphatic heterocycles. The predicted octanol–water partition coefficient (Wildman–Crippen LogP) is 2.69. The van der Waals surface area contributed by atoms with Gasteiger partial charge in [-0.1, -0.05) is 11.8 Å². The third-order valence-electron chi connectivity index (χ3n) is 5.18.